The topological polar surface area (TPSA) is 51.2 Å². The van der Waals surface area contributed by atoms with E-state index in [0.717, 1.165) is 12.2 Å². The molecule has 0 bridgehead atoms. The van der Waals surface area contributed by atoms with Gasteiger partial charge in [0.2, 0.25) is 0 Å². The maximum Gasteiger partial charge on any atom is 0.356 e. The highest BCUT2D eigenvalue weighted by atomic mass is 16.5. The third kappa shape index (κ3) is 2.73. The molecule has 0 radical (unpaired) electrons. The molecular formula is C10H14N2O2. The van der Waals surface area contributed by atoms with Gasteiger partial charge >= 0.3 is 5.97 Å². The number of carbonyl (C=O) groups is 1. The number of ether oxygens (including phenoxy) is 1. The summed E-state index contributed by atoms with van der Waals surface area (Å²) >= 11 is 0. The zero-order valence-electron chi connectivity index (χ0n) is 8.41. The summed E-state index contributed by atoms with van der Waals surface area (Å²) in [5.74, 6) is -0.379. The minimum absolute atomic E-state index is 0.341. The molecule has 0 atom stereocenters. The van der Waals surface area contributed by atoms with Gasteiger partial charge in [-0.1, -0.05) is 0 Å². The van der Waals surface area contributed by atoms with Gasteiger partial charge in [-0.15, -0.1) is 0 Å². The Hall–Kier alpha value is -1.58. The molecule has 14 heavy (non-hydrogen) atoms. The summed E-state index contributed by atoms with van der Waals surface area (Å²) in [5, 5.41) is 3.09. The fourth-order valence-corrected chi connectivity index (χ4v) is 1.03. The average Bonchev–Trinajstić information content (AvgIpc) is 2.20. The van der Waals surface area contributed by atoms with Gasteiger partial charge in [-0.3, -0.25) is 0 Å². The van der Waals surface area contributed by atoms with Crippen LogP contribution in [0.4, 0.5) is 5.69 Å². The lowest BCUT2D eigenvalue weighted by Crippen LogP contribution is -2.07. The second kappa shape index (κ2) is 5.21. The van der Waals surface area contributed by atoms with E-state index in [0.29, 0.717) is 12.3 Å². The molecule has 0 fully saturated rings. The van der Waals surface area contributed by atoms with E-state index in [1.165, 1.54) is 0 Å². The first-order valence-electron chi connectivity index (χ1n) is 4.65. The maximum absolute atomic E-state index is 11.2. The third-order valence-corrected chi connectivity index (χ3v) is 1.63. The van der Waals surface area contributed by atoms with E-state index in [2.05, 4.69) is 10.3 Å². The number of hydrogen-bond acceptors (Lipinski definition) is 4. The zero-order chi connectivity index (χ0) is 10.4. The minimum Gasteiger partial charge on any atom is -0.461 e. The summed E-state index contributed by atoms with van der Waals surface area (Å²) in [7, 11) is 0. The summed E-state index contributed by atoms with van der Waals surface area (Å²) in [5.41, 5.74) is 1.24. The normalized spacial score (nSPS) is 9.57. The Bertz CT molecular complexity index is 295. The first-order valence-corrected chi connectivity index (χ1v) is 4.65. The molecule has 0 aliphatic rings. The van der Waals surface area contributed by atoms with Crippen LogP contribution in [-0.4, -0.2) is 24.1 Å². The van der Waals surface area contributed by atoms with Crippen LogP contribution < -0.4 is 5.32 Å². The Balaban J connectivity index is 2.67. The summed E-state index contributed by atoms with van der Waals surface area (Å²) in [6, 6.07) is 3.46. The van der Waals surface area contributed by atoms with Gasteiger partial charge < -0.3 is 10.1 Å². The second-order valence-corrected chi connectivity index (χ2v) is 2.68. The molecular weight excluding hydrogens is 180 g/mol. The molecule has 0 spiro atoms. The number of nitrogens with zero attached hydrogens (tertiary/aromatic N) is 1. The van der Waals surface area contributed by atoms with Gasteiger partial charge in [0.25, 0.3) is 0 Å². The van der Waals surface area contributed by atoms with Crippen molar-refractivity contribution >= 4 is 11.7 Å². The molecule has 76 valence electrons. The number of nitrogens with one attached hydrogen (secondary N) is 1. The Morgan fingerprint density at radius 1 is 1.50 bits per heavy atom. The van der Waals surface area contributed by atoms with E-state index in [9.17, 15) is 4.79 Å². The number of carbonyl (C=O) groups excluding carboxylic acids is 1. The molecule has 1 aromatic rings. The monoisotopic (exact) mass is 194 g/mol. The fraction of sp³-hybridized carbons (Fsp3) is 0.400. The molecule has 0 saturated heterocycles. The van der Waals surface area contributed by atoms with Gasteiger partial charge in [-0.2, -0.15) is 0 Å². The van der Waals surface area contributed by atoms with Crippen molar-refractivity contribution in [2.24, 2.45) is 0 Å². The van der Waals surface area contributed by atoms with Crippen molar-refractivity contribution in [3.05, 3.63) is 24.0 Å². The van der Waals surface area contributed by atoms with E-state index in [-0.39, 0.29) is 5.97 Å². The summed E-state index contributed by atoms with van der Waals surface area (Å²) in [6.07, 6.45) is 1.62. The Morgan fingerprint density at radius 2 is 2.29 bits per heavy atom. The van der Waals surface area contributed by atoms with Gasteiger partial charge in [0, 0.05) is 6.54 Å². The predicted molar refractivity (Wildman–Crippen MR) is 54.4 cm³/mol. The fourth-order valence-electron chi connectivity index (χ4n) is 1.03. The average molecular weight is 194 g/mol. The van der Waals surface area contributed by atoms with Crippen LogP contribution in [0.5, 0.6) is 0 Å². The van der Waals surface area contributed by atoms with Crippen LogP contribution in [0.25, 0.3) is 0 Å². The number of esters is 1. The largest absolute Gasteiger partial charge is 0.461 e. The van der Waals surface area contributed by atoms with Crippen LogP contribution in [-0.2, 0) is 4.74 Å². The van der Waals surface area contributed by atoms with Crippen LogP contribution in [0.2, 0.25) is 0 Å². The summed E-state index contributed by atoms with van der Waals surface area (Å²) in [4.78, 5) is 15.2. The van der Waals surface area contributed by atoms with Crippen LogP contribution in [0, 0.1) is 0 Å². The number of anilines is 1. The molecule has 1 aromatic heterocycles. The Kier molecular flexibility index (Phi) is 3.91. The van der Waals surface area contributed by atoms with Gasteiger partial charge in [0.15, 0.2) is 0 Å². The molecule has 0 aliphatic heterocycles. The molecule has 1 heterocycles. The molecule has 0 amide bonds. The highest BCUT2D eigenvalue weighted by Gasteiger charge is 2.06. The first kappa shape index (κ1) is 10.5. The Morgan fingerprint density at radius 3 is 2.79 bits per heavy atom. The molecule has 1 N–H and O–H groups in total. The van der Waals surface area contributed by atoms with E-state index in [4.69, 9.17) is 4.74 Å². The van der Waals surface area contributed by atoms with Crippen LogP contribution in [0.3, 0.4) is 0 Å². The van der Waals surface area contributed by atoms with E-state index in [1.807, 2.05) is 13.0 Å². The lowest BCUT2D eigenvalue weighted by molar-refractivity contribution is 0.0519. The number of hydrogen-bond donors (Lipinski definition) is 1. The smallest absolute Gasteiger partial charge is 0.356 e. The third-order valence-electron chi connectivity index (χ3n) is 1.63. The summed E-state index contributed by atoms with van der Waals surface area (Å²) < 4.78 is 4.81. The lowest BCUT2D eigenvalue weighted by Gasteiger charge is -2.03. The standard InChI is InChI=1S/C10H14N2O2/c1-3-11-8-5-6-9(12-7-8)10(13)14-4-2/h5-7,11H,3-4H2,1-2H3. The van der Waals surface area contributed by atoms with E-state index < -0.39 is 0 Å². The van der Waals surface area contributed by atoms with Gasteiger partial charge in [0.1, 0.15) is 5.69 Å². The van der Waals surface area contributed by atoms with Crippen LogP contribution in [0.15, 0.2) is 18.3 Å². The second-order valence-electron chi connectivity index (χ2n) is 2.68. The minimum atomic E-state index is -0.379. The van der Waals surface area contributed by atoms with Crippen molar-refractivity contribution in [3.63, 3.8) is 0 Å². The van der Waals surface area contributed by atoms with Crippen molar-refractivity contribution < 1.29 is 9.53 Å². The van der Waals surface area contributed by atoms with Crippen molar-refractivity contribution in [2.45, 2.75) is 13.8 Å². The van der Waals surface area contributed by atoms with Gasteiger partial charge in [-0.25, -0.2) is 9.78 Å². The summed E-state index contributed by atoms with van der Waals surface area (Å²) in [6.45, 7) is 4.97. The van der Waals surface area contributed by atoms with E-state index in [1.54, 1.807) is 19.2 Å². The number of aromatic nitrogens is 1. The highest BCUT2D eigenvalue weighted by molar-refractivity contribution is 5.87. The molecule has 0 unspecified atom stereocenters. The van der Waals surface area contributed by atoms with Crippen LogP contribution >= 0.6 is 0 Å². The van der Waals surface area contributed by atoms with Crippen molar-refractivity contribution in [3.8, 4) is 0 Å². The first-order chi connectivity index (χ1) is 6.77. The lowest BCUT2D eigenvalue weighted by atomic mass is 10.3. The van der Waals surface area contributed by atoms with Crippen molar-refractivity contribution in [1.29, 1.82) is 0 Å². The molecule has 4 nitrogen and oxygen atoms in total. The quantitative estimate of drug-likeness (QED) is 0.741. The van der Waals surface area contributed by atoms with Crippen molar-refractivity contribution in [2.75, 3.05) is 18.5 Å². The van der Waals surface area contributed by atoms with Crippen molar-refractivity contribution in [1.82, 2.24) is 4.98 Å². The molecule has 0 saturated carbocycles. The SMILES string of the molecule is CCNc1ccc(C(=O)OCC)nc1. The highest BCUT2D eigenvalue weighted by Crippen LogP contribution is 2.06. The maximum atomic E-state index is 11.2. The predicted octanol–water partition coefficient (Wildman–Crippen LogP) is 1.69. The molecule has 0 aliphatic carbocycles. The number of pyridine rings is 1. The molecule has 1 rings (SSSR count). The van der Waals surface area contributed by atoms with E-state index >= 15 is 0 Å². The van der Waals surface area contributed by atoms with Crippen LogP contribution in [0.1, 0.15) is 24.3 Å². The Labute approximate surface area is 83.3 Å². The van der Waals surface area contributed by atoms with Gasteiger partial charge in [0.05, 0.1) is 18.5 Å². The molecule has 4 heteroatoms. The zero-order valence-corrected chi connectivity index (χ0v) is 8.41. The number of rotatable bonds is 4. The molecule has 0 aromatic carbocycles. The van der Waals surface area contributed by atoms with Gasteiger partial charge in [-0.05, 0) is 26.0 Å².